The van der Waals surface area contributed by atoms with E-state index in [-0.39, 0.29) is 32.2 Å². The average molecular weight is 300 g/mol. The van der Waals surface area contributed by atoms with Crippen LogP contribution in [0.5, 0.6) is 0 Å². The number of piperidine rings is 2. The van der Waals surface area contributed by atoms with Gasteiger partial charge < -0.3 is 15.5 Å². The van der Waals surface area contributed by atoms with Crippen LogP contribution in [0.3, 0.4) is 0 Å². The van der Waals surface area contributed by atoms with E-state index in [1.165, 1.54) is 4.90 Å². The number of rotatable bonds is 2. The van der Waals surface area contributed by atoms with Gasteiger partial charge in [0.1, 0.15) is 0 Å². The van der Waals surface area contributed by atoms with Gasteiger partial charge in [-0.25, -0.2) is 0 Å². The second-order valence-corrected chi connectivity index (χ2v) is 4.99. The Labute approximate surface area is 139 Å². The zero-order valence-corrected chi connectivity index (χ0v) is 11.9. The molecule has 2 fully saturated rings. The first kappa shape index (κ1) is 8.63. The molecule has 0 aliphatic carbocycles. The molecule has 2 heterocycles. The Morgan fingerprint density at radius 2 is 1.57 bits per heavy atom. The first-order chi connectivity index (χ1) is 13.1. The van der Waals surface area contributed by atoms with E-state index in [9.17, 15) is 5.11 Å². The molecule has 118 valence electrons. The number of aliphatic hydroxyl groups excluding tert-OH is 2. The molecule has 0 saturated carbocycles. The second-order valence-electron chi connectivity index (χ2n) is 4.99. The molecule has 1 aromatic rings. The van der Waals surface area contributed by atoms with Gasteiger partial charge in [-0.3, -0.25) is 4.90 Å². The second kappa shape index (κ2) is 9.15. The Hall–Kier alpha value is -0.940. The van der Waals surface area contributed by atoms with Crippen LogP contribution in [-0.2, 0) is 6.54 Å². The van der Waals surface area contributed by atoms with E-state index < -0.39 is 38.2 Å². The van der Waals surface area contributed by atoms with Gasteiger partial charge in [0.2, 0.25) is 0 Å². The minimum absolute atomic E-state index is 0.0491. The van der Waals surface area contributed by atoms with Gasteiger partial charge in [0.05, 0.1) is 12.2 Å². The number of likely N-dealkylation sites (tertiary alicyclic amines) is 1. The van der Waals surface area contributed by atoms with Gasteiger partial charge in [-0.2, -0.15) is 0 Å². The summed E-state index contributed by atoms with van der Waals surface area (Å²) in [6.45, 7) is -7.05. The molecule has 0 spiro atoms. The smallest absolute Gasteiger partial charge is 0.0564 e. The van der Waals surface area contributed by atoms with Gasteiger partial charge in [0.15, 0.2) is 0 Å². The first-order valence-corrected chi connectivity index (χ1v) is 7.09. The molecule has 2 aliphatic rings. The molecule has 0 unspecified atom stereocenters. The summed E-state index contributed by atoms with van der Waals surface area (Å²) in [5.41, 5.74) is 0.863. The van der Waals surface area contributed by atoms with Gasteiger partial charge in [-0.05, 0) is 44.2 Å². The summed E-state index contributed by atoms with van der Waals surface area (Å²) in [5, 5.41) is 20.8. The van der Waals surface area contributed by atoms with Gasteiger partial charge in [0, 0.05) is 30.5 Å². The lowest BCUT2D eigenvalue weighted by atomic mass is 10.1. The van der Waals surface area contributed by atoms with Crippen LogP contribution < -0.4 is 5.32 Å². The predicted molar refractivity (Wildman–Crippen MR) is 85.1 cm³/mol. The van der Waals surface area contributed by atoms with Crippen molar-refractivity contribution in [3.8, 4) is 0 Å². The lowest BCUT2D eigenvalue weighted by molar-refractivity contribution is 0.0792. The normalized spacial score (nSPS) is 36.9. The topological polar surface area (TPSA) is 55.7 Å². The van der Waals surface area contributed by atoms with Crippen LogP contribution in [-0.4, -0.2) is 53.3 Å². The largest absolute Gasteiger partial charge is 0.393 e. The molecular weight excluding hydrogens is 264 g/mol. The summed E-state index contributed by atoms with van der Waals surface area (Å²) in [6.07, 6.45) is -2.03. The molecular formula is C17H28N2O2. The van der Waals surface area contributed by atoms with E-state index >= 15 is 0 Å². The average Bonchev–Trinajstić information content (AvgIpc) is 2.48. The fourth-order valence-corrected chi connectivity index (χ4v) is 1.91. The third-order valence-corrected chi connectivity index (χ3v) is 3.07. The Bertz CT molecular complexity index is 641. The maximum Gasteiger partial charge on any atom is 0.0564 e. The van der Waals surface area contributed by atoms with Crippen LogP contribution in [0.2, 0.25) is 0 Å². The summed E-state index contributed by atoms with van der Waals surface area (Å²) >= 11 is 0. The van der Waals surface area contributed by atoms with Crippen LogP contribution in [0.25, 0.3) is 0 Å². The van der Waals surface area contributed by atoms with Gasteiger partial charge in [0.25, 0.3) is 0 Å². The molecule has 0 amide bonds. The summed E-state index contributed by atoms with van der Waals surface area (Å²) in [5.74, 6) is 0. The molecule has 0 atom stereocenters. The zero-order valence-electron chi connectivity index (χ0n) is 19.9. The van der Waals surface area contributed by atoms with Gasteiger partial charge in [-0.1, -0.05) is 30.3 Å². The summed E-state index contributed by atoms with van der Waals surface area (Å²) in [4.78, 5) is 1.20. The Morgan fingerprint density at radius 3 is 2.14 bits per heavy atom. The summed E-state index contributed by atoms with van der Waals surface area (Å²) in [7, 11) is 0. The van der Waals surface area contributed by atoms with Crippen molar-refractivity contribution in [2.75, 3.05) is 26.0 Å². The molecule has 0 bridgehead atoms. The number of benzene rings is 1. The Balaban J connectivity index is 0.000000234. The van der Waals surface area contributed by atoms with Crippen molar-refractivity contribution >= 4 is 0 Å². The summed E-state index contributed by atoms with van der Waals surface area (Å²) < 4.78 is 60.3. The third kappa shape index (κ3) is 6.57. The molecule has 4 nitrogen and oxygen atoms in total. The SMILES string of the molecule is [2H]C1([2H])CC(O)CC([2H])([2H])N1.[2H]C1([2H])CC(O)CC([2H])([2H])N1Cc1ccccc1. The Kier molecular flexibility index (Phi) is 3.76. The molecule has 21 heavy (non-hydrogen) atoms. The molecule has 2 aliphatic heterocycles. The van der Waals surface area contributed by atoms with Crippen molar-refractivity contribution in [2.24, 2.45) is 0 Å². The Morgan fingerprint density at radius 1 is 1.00 bits per heavy atom. The fourth-order valence-electron chi connectivity index (χ4n) is 1.91. The number of nitrogens with zero attached hydrogens (tertiary/aromatic N) is 1. The third-order valence-electron chi connectivity index (χ3n) is 3.07. The van der Waals surface area contributed by atoms with Crippen molar-refractivity contribution in [2.45, 2.75) is 44.4 Å². The highest BCUT2D eigenvalue weighted by Crippen LogP contribution is 2.13. The summed E-state index contributed by atoms with van der Waals surface area (Å²) in [6, 6.07) is 9.25. The number of aliphatic hydroxyl groups is 2. The monoisotopic (exact) mass is 300 g/mol. The van der Waals surface area contributed by atoms with Crippen LogP contribution >= 0.6 is 0 Å². The zero-order chi connectivity index (χ0) is 22.1. The number of nitrogens with one attached hydrogen (secondary N) is 1. The molecule has 4 heteroatoms. The van der Waals surface area contributed by atoms with E-state index in [1.54, 1.807) is 0 Å². The van der Waals surface area contributed by atoms with Crippen molar-refractivity contribution in [1.82, 2.24) is 10.2 Å². The van der Waals surface area contributed by atoms with Crippen LogP contribution in [0.4, 0.5) is 0 Å². The molecule has 3 rings (SSSR count). The highest BCUT2D eigenvalue weighted by molar-refractivity contribution is 5.14. The predicted octanol–water partition coefficient (Wildman–Crippen LogP) is 1.37. The minimum Gasteiger partial charge on any atom is -0.393 e. The highest BCUT2D eigenvalue weighted by Gasteiger charge is 2.16. The van der Waals surface area contributed by atoms with E-state index in [0.29, 0.717) is 0 Å². The maximum absolute atomic E-state index is 9.56. The van der Waals surface area contributed by atoms with Crippen molar-refractivity contribution in [3.63, 3.8) is 0 Å². The molecule has 2 saturated heterocycles. The molecule has 0 radical (unpaired) electrons. The van der Waals surface area contributed by atoms with Crippen molar-refractivity contribution in [3.05, 3.63) is 35.9 Å². The minimum atomic E-state index is -1.84. The van der Waals surface area contributed by atoms with E-state index in [1.807, 2.05) is 30.3 Å². The molecule has 3 N–H and O–H groups in total. The van der Waals surface area contributed by atoms with Gasteiger partial charge >= 0.3 is 0 Å². The van der Waals surface area contributed by atoms with E-state index in [0.717, 1.165) is 5.56 Å². The highest BCUT2D eigenvalue weighted by atomic mass is 16.3. The lowest BCUT2D eigenvalue weighted by Gasteiger charge is -2.29. The molecule has 0 aromatic heterocycles. The maximum atomic E-state index is 9.56. The molecule has 1 aromatic carbocycles. The van der Waals surface area contributed by atoms with Crippen molar-refractivity contribution in [1.29, 1.82) is 0 Å². The van der Waals surface area contributed by atoms with Crippen LogP contribution in [0, 0.1) is 0 Å². The van der Waals surface area contributed by atoms with E-state index in [2.05, 4.69) is 5.32 Å². The number of hydrogen-bond acceptors (Lipinski definition) is 4. The number of hydrogen-bond donors (Lipinski definition) is 3. The van der Waals surface area contributed by atoms with E-state index in [4.69, 9.17) is 16.1 Å². The van der Waals surface area contributed by atoms with Gasteiger partial charge in [-0.15, -0.1) is 0 Å². The standard InChI is InChI=1S/C12H17NO.C5H11NO/c14-12-6-8-13(9-7-12)10-11-4-2-1-3-5-11;7-5-1-3-6-4-2-5/h1-5,12,14H,6-10H2;5-7H,1-4H2/i8D2,9D2;3D2,4D2. The fraction of sp³-hybridized carbons (Fsp3) is 0.647. The lowest BCUT2D eigenvalue weighted by Crippen LogP contribution is -2.35. The quantitative estimate of drug-likeness (QED) is 0.772. The van der Waals surface area contributed by atoms with Crippen LogP contribution in [0.15, 0.2) is 30.3 Å². The van der Waals surface area contributed by atoms with Crippen LogP contribution in [0.1, 0.15) is 42.2 Å². The van der Waals surface area contributed by atoms with Crippen molar-refractivity contribution < 1.29 is 21.2 Å². The first-order valence-electron chi connectivity index (χ1n) is 11.1.